The molecule has 6 heteroatoms. The van der Waals surface area contributed by atoms with E-state index in [1.165, 1.54) is 6.08 Å². The fourth-order valence-electron chi connectivity index (χ4n) is 2.31. The Hall–Kier alpha value is -2.50. The molecular formula is C17H21NO5. The van der Waals surface area contributed by atoms with Gasteiger partial charge in [0.15, 0.2) is 0 Å². The quantitative estimate of drug-likeness (QED) is 0.795. The number of rotatable bonds is 3. The Morgan fingerprint density at radius 1 is 1.30 bits per heavy atom. The molecule has 0 aromatic heterocycles. The first-order valence-electron chi connectivity index (χ1n) is 7.26. The highest BCUT2D eigenvalue weighted by atomic mass is 16.6. The second kappa shape index (κ2) is 6.32. The molecule has 0 unspecified atom stereocenters. The van der Waals surface area contributed by atoms with Crippen molar-refractivity contribution in [3.8, 4) is 5.75 Å². The minimum Gasteiger partial charge on any atom is -0.497 e. The maximum Gasteiger partial charge on any atom is 0.420 e. The zero-order valence-electron chi connectivity index (χ0n) is 13.7. The van der Waals surface area contributed by atoms with Gasteiger partial charge in [-0.25, -0.2) is 14.5 Å². The summed E-state index contributed by atoms with van der Waals surface area (Å²) in [6.07, 6.45) is -0.627. The second-order valence-electron chi connectivity index (χ2n) is 6.15. The number of benzene rings is 1. The van der Waals surface area contributed by atoms with E-state index in [1.807, 2.05) is 0 Å². The van der Waals surface area contributed by atoms with Crippen molar-refractivity contribution >= 4 is 12.2 Å². The SMILES string of the molecule is C=C[C@@H]1OC(=O)N(C(=O)OC(C)(C)C)[C@@H]1c1ccc(OC)cc1. The van der Waals surface area contributed by atoms with E-state index in [9.17, 15) is 9.59 Å². The summed E-state index contributed by atoms with van der Waals surface area (Å²) in [5.74, 6) is 0.679. The number of hydrogen-bond donors (Lipinski definition) is 0. The third kappa shape index (κ3) is 3.64. The van der Waals surface area contributed by atoms with E-state index in [1.54, 1.807) is 52.1 Å². The first-order chi connectivity index (χ1) is 10.8. The van der Waals surface area contributed by atoms with Crippen molar-refractivity contribution in [3.05, 3.63) is 42.5 Å². The number of carbonyl (C=O) groups excluding carboxylic acids is 2. The van der Waals surface area contributed by atoms with Crippen LogP contribution in [-0.4, -0.2) is 35.9 Å². The van der Waals surface area contributed by atoms with Gasteiger partial charge in [-0.05, 0) is 44.5 Å². The number of amides is 2. The standard InChI is InChI=1S/C17H21NO5/c1-6-13-14(11-7-9-12(21-5)10-8-11)18(15(19)22-13)16(20)23-17(2,3)4/h6-10,13-14H,1H2,2-5H3/t13-,14+/m0/s1. The number of carbonyl (C=O) groups is 2. The summed E-state index contributed by atoms with van der Waals surface area (Å²) in [6, 6.07) is 6.44. The van der Waals surface area contributed by atoms with E-state index in [4.69, 9.17) is 14.2 Å². The smallest absolute Gasteiger partial charge is 0.420 e. The lowest BCUT2D eigenvalue weighted by molar-refractivity contribution is 0.0288. The van der Waals surface area contributed by atoms with Crippen molar-refractivity contribution in [3.63, 3.8) is 0 Å². The topological polar surface area (TPSA) is 65.1 Å². The minimum atomic E-state index is -0.745. The van der Waals surface area contributed by atoms with Crippen molar-refractivity contribution < 1.29 is 23.8 Å². The van der Waals surface area contributed by atoms with Crippen molar-refractivity contribution in [1.29, 1.82) is 0 Å². The lowest BCUT2D eigenvalue weighted by atomic mass is 10.0. The number of cyclic esters (lactones) is 1. The van der Waals surface area contributed by atoms with Gasteiger partial charge in [-0.1, -0.05) is 18.7 Å². The van der Waals surface area contributed by atoms with Gasteiger partial charge in [-0.3, -0.25) is 0 Å². The summed E-state index contributed by atoms with van der Waals surface area (Å²) in [5.41, 5.74) is 0.0149. The Kier molecular flexibility index (Phi) is 4.63. The molecule has 6 nitrogen and oxygen atoms in total. The molecular weight excluding hydrogens is 298 g/mol. The molecule has 1 aliphatic heterocycles. The highest BCUT2D eigenvalue weighted by Crippen LogP contribution is 2.35. The molecule has 0 saturated carbocycles. The van der Waals surface area contributed by atoms with Crippen LogP contribution in [0.15, 0.2) is 36.9 Å². The maximum absolute atomic E-state index is 12.4. The zero-order valence-corrected chi connectivity index (χ0v) is 13.7. The Labute approximate surface area is 135 Å². The van der Waals surface area contributed by atoms with E-state index < -0.39 is 29.9 Å². The lowest BCUT2D eigenvalue weighted by Gasteiger charge is -2.26. The Morgan fingerprint density at radius 2 is 1.91 bits per heavy atom. The summed E-state index contributed by atoms with van der Waals surface area (Å²) < 4.78 is 15.7. The van der Waals surface area contributed by atoms with Crippen LogP contribution in [0.5, 0.6) is 5.75 Å². The molecule has 2 rings (SSSR count). The van der Waals surface area contributed by atoms with Gasteiger partial charge < -0.3 is 14.2 Å². The summed E-state index contributed by atoms with van der Waals surface area (Å²) >= 11 is 0. The van der Waals surface area contributed by atoms with Crippen molar-refractivity contribution in [2.45, 2.75) is 38.5 Å². The molecule has 1 aliphatic rings. The van der Waals surface area contributed by atoms with Gasteiger partial charge in [-0.2, -0.15) is 0 Å². The van der Waals surface area contributed by atoms with Crippen molar-refractivity contribution in [2.24, 2.45) is 0 Å². The molecule has 1 fully saturated rings. The van der Waals surface area contributed by atoms with Crippen LogP contribution in [0.2, 0.25) is 0 Å². The Balaban J connectivity index is 2.35. The molecule has 0 aliphatic carbocycles. The lowest BCUT2D eigenvalue weighted by Crippen LogP contribution is -2.39. The van der Waals surface area contributed by atoms with E-state index in [0.29, 0.717) is 5.75 Å². The van der Waals surface area contributed by atoms with Crippen LogP contribution < -0.4 is 4.74 Å². The summed E-state index contributed by atoms with van der Waals surface area (Å²) in [6.45, 7) is 8.88. The average molecular weight is 319 g/mol. The molecule has 0 radical (unpaired) electrons. The fraction of sp³-hybridized carbons (Fsp3) is 0.412. The molecule has 1 aromatic rings. The number of ether oxygens (including phenoxy) is 3. The fourth-order valence-corrected chi connectivity index (χ4v) is 2.31. The third-order valence-electron chi connectivity index (χ3n) is 3.30. The average Bonchev–Trinajstić information content (AvgIpc) is 2.82. The zero-order chi connectivity index (χ0) is 17.2. The number of hydrogen-bond acceptors (Lipinski definition) is 5. The van der Waals surface area contributed by atoms with Crippen LogP contribution >= 0.6 is 0 Å². The van der Waals surface area contributed by atoms with Crippen molar-refractivity contribution in [2.75, 3.05) is 7.11 Å². The molecule has 0 bridgehead atoms. The van der Waals surface area contributed by atoms with Crippen LogP contribution in [0.1, 0.15) is 32.4 Å². The predicted molar refractivity (Wildman–Crippen MR) is 84.3 cm³/mol. The van der Waals surface area contributed by atoms with Gasteiger partial charge >= 0.3 is 12.2 Å². The highest BCUT2D eigenvalue weighted by molar-refractivity contribution is 5.90. The van der Waals surface area contributed by atoms with Crippen LogP contribution in [-0.2, 0) is 9.47 Å². The van der Waals surface area contributed by atoms with Gasteiger partial charge in [0, 0.05) is 0 Å². The molecule has 2 atom stereocenters. The summed E-state index contributed by atoms with van der Waals surface area (Å²) in [5, 5.41) is 0. The molecule has 1 heterocycles. The molecule has 124 valence electrons. The van der Waals surface area contributed by atoms with Gasteiger partial charge in [0.05, 0.1) is 7.11 Å². The minimum absolute atomic E-state index is 0.624. The third-order valence-corrected chi connectivity index (χ3v) is 3.30. The number of methoxy groups -OCH3 is 1. The van der Waals surface area contributed by atoms with Gasteiger partial charge in [-0.15, -0.1) is 0 Å². The maximum atomic E-state index is 12.4. The molecule has 1 aromatic carbocycles. The predicted octanol–water partition coefficient (Wildman–Crippen LogP) is 3.68. The monoisotopic (exact) mass is 319 g/mol. The Morgan fingerprint density at radius 3 is 2.39 bits per heavy atom. The van der Waals surface area contributed by atoms with Crippen molar-refractivity contribution in [1.82, 2.24) is 4.90 Å². The van der Waals surface area contributed by atoms with E-state index in [-0.39, 0.29) is 0 Å². The molecule has 2 amide bonds. The molecule has 0 N–H and O–H groups in total. The number of nitrogens with zero attached hydrogens (tertiary/aromatic N) is 1. The first-order valence-corrected chi connectivity index (χ1v) is 7.26. The van der Waals surface area contributed by atoms with Crippen LogP contribution in [0.25, 0.3) is 0 Å². The van der Waals surface area contributed by atoms with E-state index >= 15 is 0 Å². The van der Waals surface area contributed by atoms with E-state index in [2.05, 4.69) is 6.58 Å². The molecule has 23 heavy (non-hydrogen) atoms. The largest absolute Gasteiger partial charge is 0.497 e. The highest BCUT2D eigenvalue weighted by Gasteiger charge is 2.46. The molecule has 0 spiro atoms. The van der Waals surface area contributed by atoms with Gasteiger partial charge in [0.1, 0.15) is 23.5 Å². The van der Waals surface area contributed by atoms with Crippen LogP contribution in [0.4, 0.5) is 9.59 Å². The van der Waals surface area contributed by atoms with Gasteiger partial charge in [0.2, 0.25) is 0 Å². The summed E-state index contributed by atoms with van der Waals surface area (Å²) in [4.78, 5) is 25.5. The second-order valence-corrected chi connectivity index (χ2v) is 6.15. The normalized spacial score (nSPS) is 20.9. The Bertz CT molecular complexity index is 602. The number of imide groups is 1. The van der Waals surface area contributed by atoms with Crippen LogP contribution in [0.3, 0.4) is 0 Å². The summed E-state index contributed by atoms with van der Waals surface area (Å²) in [7, 11) is 1.57. The van der Waals surface area contributed by atoms with E-state index in [0.717, 1.165) is 10.5 Å². The molecule has 1 saturated heterocycles. The van der Waals surface area contributed by atoms with Gasteiger partial charge in [0.25, 0.3) is 0 Å². The first kappa shape index (κ1) is 16.9. The van der Waals surface area contributed by atoms with Crippen LogP contribution in [0, 0.1) is 0 Å².